The average Bonchev–Trinajstić information content (AvgIpc) is 3.14. The van der Waals surface area contributed by atoms with E-state index in [4.69, 9.17) is 28.3 Å². The lowest BCUT2D eigenvalue weighted by atomic mass is 10.1. The fourth-order valence-electron chi connectivity index (χ4n) is 1.87. The van der Waals surface area contributed by atoms with E-state index in [2.05, 4.69) is 5.32 Å². The van der Waals surface area contributed by atoms with Crippen LogP contribution in [-0.4, -0.2) is 23.0 Å². The minimum absolute atomic E-state index is 0.0651. The molecule has 2 rings (SSSR count). The van der Waals surface area contributed by atoms with Gasteiger partial charge in [-0.2, -0.15) is 0 Å². The molecular formula is C13H13Cl2NO3. The summed E-state index contributed by atoms with van der Waals surface area (Å²) in [6.07, 6.45) is 1.79. The number of aliphatic carboxylic acids is 1. The number of amides is 1. The Morgan fingerprint density at radius 2 is 2.00 bits per heavy atom. The molecule has 6 heteroatoms. The number of halogens is 2. The molecular weight excluding hydrogens is 289 g/mol. The Morgan fingerprint density at radius 1 is 1.32 bits per heavy atom. The largest absolute Gasteiger partial charge is 0.480 e. The maximum Gasteiger partial charge on any atom is 0.326 e. The lowest BCUT2D eigenvalue weighted by molar-refractivity contribution is -0.142. The third kappa shape index (κ3) is 3.85. The summed E-state index contributed by atoms with van der Waals surface area (Å²) < 4.78 is 0. The van der Waals surface area contributed by atoms with Gasteiger partial charge in [-0.15, -0.1) is 0 Å². The first-order valence-electron chi connectivity index (χ1n) is 5.93. The number of carbonyl (C=O) groups excluding carboxylic acids is 1. The van der Waals surface area contributed by atoms with E-state index >= 15 is 0 Å². The Bertz CT molecular complexity index is 515. The van der Waals surface area contributed by atoms with Crippen molar-refractivity contribution >= 4 is 35.1 Å². The van der Waals surface area contributed by atoms with Crippen LogP contribution in [0.1, 0.15) is 18.4 Å². The summed E-state index contributed by atoms with van der Waals surface area (Å²) in [6, 6.07) is 4.13. The van der Waals surface area contributed by atoms with Gasteiger partial charge in [-0.3, -0.25) is 4.79 Å². The van der Waals surface area contributed by atoms with Gasteiger partial charge in [-0.25, -0.2) is 4.79 Å². The van der Waals surface area contributed by atoms with Gasteiger partial charge in [0, 0.05) is 0 Å². The normalized spacial score (nSPS) is 15.9. The molecule has 0 heterocycles. The van der Waals surface area contributed by atoms with Crippen molar-refractivity contribution in [2.45, 2.75) is 25.3 Å². The standard InChI is InChI=1S/C13H13Cl2NO3/c14-9-4-1-7(5-10(9)15)6-11(17)16-12(13(18)19)8-2-3-8/h1,4-5,8,12H,2-3,6H2,(H,16,17)(H,18,19). The number of hydrogen-bond donors (Lipinski definition) is 2. The molecule has 102 valence electrons. The molecule has 1 fully saturated rings. The fraction of sp³-hybridized carbons (Fsp3) is 0.385. The lowest BCUT2D eigenvalue weighted by Gasteiger charge is -2.13. The molecule has 0 aromatic heterocycles. The van der Waals surface area contributed by atoms with Crippen LogP contribution < -0.4 is 5.32 Å². The minimum Gasteiger partial charge on any atom is -0.480 e. The van der Waals surface area contributed by atoms with Crippen molar-refractivity contribution in [1.82, 2.24) is 5.32 Å². The highest BCUT2D eigenvalue weighted by Gasteiger charge is 2.37. The molecule has 1 saturated carbocycles. The predicted octanol–water partition coefficient (Wildman–Crippen LogP) is 2.52. The summed E-state index contributed by atoms with van der Waals surface area (Å²) in [7, 11) is 0. The summed E-state index contributed by atoms with van der Waals surface area (Å²) in [4.78, 5) is 22.8. The van der Waals surface area contributed by atoms with Crippen LogP contribution in [0.4, 0.5) is 0 Å². The maximum absolute atomic E-state index is 11.8. The van der Waals surface area contributed by atoms with Crippen LogP contribution >= 0.6 is 23.2 Å². The van der Waals surface area contributed by atoms with E-state index in [1.54, 1.807) is 18.2 Å². The van der Waals surface area contributed by atoms with Gasteiger partial charge in [0.15, 0.2) is 0 Å². The number of carboxylic acids is 1. The number of hydrogen-bond acceptors (Lipinski definition) is 2. The zero-order valence-electron chi connectivity index (χ0n) is 10.0. The number of carbonyl (C=O) groups is 2. The third-order valence-corrected chi connectivity index (χ3v) is 3.76. The number of rotatable bonds is 5. The first kappa shape index (κ1) is 14.2. The molecule has 1 aromatic carbocycles. The summed E-state index contributed by atoms with van der Waals surface area (Å²) in [6.45, 7) is 0. The molecule has 1 atom stereocenters. The van der Waals surface area contributed by atoms with Gasteiger partial charge in [-0.1, -0.05) is 29.3 Å². The molecule has 1 amide bonds. The monoisotopic (exact) mass is 301 g/mol. The Kier molecular flexibility index (Phi) is 4.32. The zero-order chi connectivity index (χ0) is 14.0. The second-order valence-corrected chi connectivity index (χ2v) is 5.46. The van der Waals surface area contributed by atoms with E-state index in [0.29, 0.717) is 15.6 Å². The number of nitrogens with one attached hydrogen (secondary N) is 1. The highest BCUT2D eigenvalue weighted by atomic mass is 35.5. The van der Waals surface area contributed by atoms with Crippen molar-refractivity contribution in [3.8, 4) is 0 Å². The molecule has 19 heavy (non-hydrogen) atoms. The molecule has 1 unspecified atom stereocenters. The van der Waals surface area contributed by atoms with Crippen LogP contribution in [0.25, 0.3) is 0 Å². The zero-order valence-corrected chi connectivity index (χ0v) is 11.5. The second-order valence-electron chi connectivity index (χ2n) is 4.65. The maximum atomic E-state index is 11.8. The Labute approximate surface area is 120 Å². The first-order valence-corrected chi connectivity index (χ1v) is 6.69. The minimum atomic E-state index is -0.981. The van der Waals surface area contributed by atoms with E-state index in [0.717, 1.165) is 12.8 Å². The van der Waals surface area contributed by atoms with Crippen molar-refractivity contribution in [2.75, 3.05) is 0 Å². The lowest BCUT2D eigenvalue weighted by Crippen LogP contribution is -2.43. The predicted molar refractivity (Wildman–Crippen MR) is 72.5 cm³/mol. The molecule has 1 aliphatic carbocycles. The van der Waals surface area contributed by atoms with Crippen LogP contribution in [0.15, 0.2) is 18.2 Å². The SMILES string of the molecule is O=C(Cc1ccc(Cl)c(Cl)c1)NC(C(=O)O)C1CC1. The molecule has 2 N–H and O–H groups in total. The van der Waals surface area contributed by atoms with Gasteiger partial charge in [0.1, 0.15) is 6.04 Å². The Balaban J connectivity index is 1.96. The topological polar surface area (TPSA) is 66.4 Å². The first-order chi connectivity index (χ1) is 8.97. The van der Waals surface area contributed by atoms with Crippen molar-refractivity contribution < 1.29 is 14.7 Å². The summed E-state index contributed by atoms with van der Waals surface area (Å²) >= 11 is 11.6. The van der Waals surface area contributed by atoms with Gasteiger partial charge >= 0.3 is 5.97 Å². The van der Waals surface area contributed by atoms with E-state index in [1.165, 1.54) is 0 Å². The van der Waals surface area contributed by atoms with Gasteiger partial charge < -0.3 is 10.4 Å². The quantitative estimate of drug-likeness (QED) is 0.878. The highest BCUT2D eigenvalue weighted by molar-refractivity contribution is 6.42. The van der Waals surface area contributed by atoms with Gasteiger partial charge in [0.25, 0.3) is 0 Å². The molecule has 0 saturated heterocycles. The Hall–Kier alpha value is -1.26. The van der Waals surface area contributed by atoms with Gasteiger partial charge in [0.2, 0.25) is 5.91 Å². The summed E-state index contributed by atoms with van der Waals surface area (Å²) in [5.74, 6) is -1.24. The molecule has 0 radical (unpaired) electrons. The third-order valence-electron chi connectivity index (χ3n) is 3.02. The van der Waals surface area contributed by atoms with E-state index in [1.807, 2.05) is 0 Å². The van der Waals surface area contributed by atoms with Crippen molar-refractivity contribution in [1.29, 1.82) is 0 Å². The van der Waals surface area contributed by atoms with Crippen LogP contribution in [0.2, 0.25) is 10.0 Å². The van der Waals surface area contributed by atoms with Crippen molar-refractivity contribution in [3.63, 3.8) is 0 Å². The van der Waals surface area contributed by atoms with Crippen molar-refractivity contribution in [2.24, 2.45) is 5.92 Å². The molecule has 0 spiro atoms. The number of benzene rings is 1. The van der Waals surface area contributed by atoms with Crippen LogP contribution in [0, 0.1) is 5.92 Å². The van der Waals surface area contributed by atoms with Gasteiger partial charge in [-0.05, 0) is 36.5 Å². The highest BCUT2D eigenvalue weighted by Crippen LogP contribution is 2.32. The molecule has 0 aliphatic heterocycles. The van der Waals surface area contributed by atoms with Gasteiger partial charge in [0.05, 0.1) is 16.5 Å². The second kappa shape index (κ2) is 5.80. The fourth-order valence-corrected chi connectivity index (χ4v) is 2.19. The van der Waals surface area contributed by atoms with Crippen LogP contribution in [-0.2, 0) is 16.0 Å². The van der Waals surface area contributed by atoms with Crippen LogP contribution in [0.5, 0.6) is 0 Å². The summed E-state index contributed by atoms with van der Waals surface area (Å²) in [5, 5.41) is 12.4. The van der Waals surface area contributed by atoms with E-state index < -0.39 is 12.0 Å². The van der Waals surface area contributed by atoms with Crippen molar-refractivity contribution in [3.05, 3.63) is 33.8 Å². The molecule has 0 bridgehead atoms. The van der Waals surface area contributed by atoms with E-state index in [9.17, 15) is 9.59 Å². The average molecular weight is 302 g/mol. The number of carboxylic acid groups (broad SMARTS) is 1. The molecule has 1 aliphatic rings. The van der Waals surface area contributed by atoms with E-state index in [-0.39, 0.29) is 18.2 Å². The molecule has 1 aromatic rings. The van der Waals surface area contributed by atoms with Crippen LogP contribution in [0.3, 0.4) is 0 Å². The Morgan fingerprint density at radius 3 is 2.53 bits per heavy atom. The summed E-state index contributed by atoms with van der Waals surface area (Å²) in [5.41, 5.74) is 0.701. The smallest absolute Gasteiger partial charge is 0.326 e. The molecule has 4 nitrogen and oxygen atoms in total.